The summed E-state index contributed by atoms with van der Waals surface area (Å²) in [5, 5.41) is 3.11. The van der Waals surface area contributed by atoms with Gasteiger partial charge in [-0.15, -0.1) is 0 Å². The van der Waals surface area contributed by atoms with Crippen LogP contribution in [-0.4, -0.2) is 30.4 Å². The van der Waals surface area contributed by atoms with Gasteiger partial charge in [0.05, 0.1) is 18.6 Å². The fraction of sp³-hybridized carbons (Fsp3) is 0.615. The highest BCUT2D eigenvalue weighted by Crippen LogP contribution is 2.19. The van der Waals surface area contributed by atoms with Gasteiger partial charge in [-0.25, -0.2) is 0 Å². The summed E-state index contributed by atoms with van der Waals surface area (Å²) in [6.45, 7) is 3.69. The van der Waals surface area contributed by atoms with Crippen molar-refractivity contribution in [1.82, 2.24) is 10.2 Å². The van der Waals surface area contributed by atoms with Gasteiger partial charge in [-0.2, -0.15) is 0 Å². The molecule has 2 rings (SSSR count). The SMILES string of the molecule is CNC1CCC(C)CN(Cc2ccoc2)C1=O. The Hall–Kier alpha value is -1.29. The molecule has 2 heterocycles. The summed E-state index contributed by atoms with van der Waals surface area (Å²) < 4.78 is 5.05. The third-order valence-corrected chi connectivity index (χ3v) is 3.39. The van der Waals surface area contributed by atoms with Crippen LogP contribution in [0, 0.1) is 5.92 Å². The van der Waals surface area contributed by atoms with Gasteiger partial charge in [-0.3, -0.25) is 4.79 Å². The fourth-order valence-electron chi connectivity index (χ4n) is 2.37. The Morgan fingerprint density at radius 2 is 2.35 bits per heavy atom. The number of hydrogen-bond donors (Lipinski definition) is 1. The zero-order valence-corrected chi connectivity index (χ0v) is 10.5. The predicted octanol–water partition coefficient (Wildman–Crippen LogP) is 1.63. The smallest absolute Gasteiger partial charge is 0.240 e. The van der Waals surface area contributed by atoms with Gasteiger partial charge in [0.15, 0.2) is 0 Å². The minimum Gasteiger partial charge on any atom is -0.472 e. The number of likely N-dealkylation sites (tertiary alicyclic amines) is 1. The van der Waals surface area contributed by atoms with E-state index in [2.05, 4.69) is 12.2 Å². The van der Waals surface area contributed by atoms with Crippen molar-refractivity contribution < 1.29 is 9.21 Å². The number of nitrogens with zero attached hydrogens (tertiary/aromatic N) is 1. The molecule has 17 heavy (non-hydrogen) atoms. The lowest BCUT2D eigenvalue weighted by atomic mass is 10.0. The van der Waals surface area contributed by atoms with Crippen LogP contribution in [-0.2, 0) is 11.3 Å². The van der Waals surface area contributed by atoms with Crippen molar-refractivity contribution >= 4 is 5.91 Å². The molecule has 1 N–H and O–H groups in total. The van der Waals surface area contributed by atoms with Crippen LogP contribution in [0.5, 0.6) is 0 Å². The van der Waals surface area contributed by atoms with Gasteiger partial charge < -0.3 is 14.6 Å². The summed E-state index contributed by atoms with van der Waals surface area (Å²) in [5.41, 5.74) is 1.06. The van der Waals surface area contributed by atoms with Gasteiger partial charge >= 0.3 is 0 Å². The molecule has 0 aromatic carbocycles. The second kappa shape index (κ2) is 5.36. The molecule has 1 fully saturated rings. The number of nitrogens with one attached hydrogen (secondary N) is 1. The molecule has 0 radical (unpaired) electrons. The quantitative estimate of drug-likeness (QED) is 0.867. The van der Waals surface area contributed by atoms with Crippen molar-refractivity contribution in [2.24, 2.45) is 5.92 Å². The lowest BCUT2D eigenvalue weighted by Crippen LogP contribution is -2.43. The van der Waals surface area contributed by atoms with Gasteiger partial charge in [0.2, 0.25) is 5.91 Å². The van der Waals surface area contributed by atoms with Gasteiger partial charge in [-0.1, -0.05) is 6.92 Å². The highest BCUT2D eigenvalue weighted by Gasteiger charge is 2.28. The minimum absolute atomic E-state index is 0.0353. The van der Waals surface area contributed by atoms with Gasteiger partial charge in [0, 0.05) is 18.7 Å². The summed E-state index contributed by atoms with van der Waals surface area (Å²) in [5.74, 6) is 0.766. The van der Waals surface area contributed by atoms with Crippen LogP contribution in [0.2, 0.25) is 0 Å². The molecule has 0 spiro atoms. The molecule has 0 saturated carbocycles. The summed E-state index contributed by atoms with van der Waals surface area (Å²) >= 11 is 0. The van der Waals surface area contributed by atoms with Gasteiger partial charge in [0.25, 0.3) is 0 Å². The van der Waals surface area contributed by atoms with Crippen LogP contribution in [0.4, 0.5) is 0 Å². The first kappa shape index (κ1) is 12.2. The maximum absolute atomic E-state index is 12.3. The molecule has 2 atom stereocenters. The topological polar surface area (TPSA) is 45.5 Å². The van der Waals surface area contributed by atoms with E-state index < -0.39 is 0 Å². The maximum atomic E-state index is 12.3. The Labute approximate surface area is 102 Å². The van der Waals surface area contributed by atoms with E-state index in [9.17, 15) is 4.79 Å². The predicted molar refractivity (Wildman–Crippen MR) is 65.4 cm³/mol. The second-order valence-corrected chi connectivity index (χ2v) is 4.87. The number of amides is 1. The Balaban J connectivity index is 2.09. The van der Waals surface area contributed by atoms with Gasteiger partial charge in [0.1, 0.15) is 0 Å². The molecule has 4 heteroatoms. The van der Waals surface area contributed by atoms with Crippen LogP contribution in [0.15, 0.2) is 23.0 Å². The molecule has 1 aliphatic heterocycles. The molecule has 0 aliphatic carbocycles. The second-order valence-electron chi connectivity index (χ2n) is 4.87. The first-order chi connectivity index (χ1) is 8.20. The number of rotatable bonds is 3. The van der Waals surface area contributed by atoms with Crippen molar-refractivity contribution in [1.29, 1.82) is 0 Å². The maximum Gasteiger partial charge on any atom is 0.240 e. The largest absolute Gasteiger partial charge is 0.472 e. The Kier molecular flexibility index (Phi) is 3.84. The first-order valence-electron chi connectivity index (χ1n) is 6.18. The molecule has 0 bridgehead atoms. The lowest BCUT2D eigenvalue weighted by Gasteiger charge is -2.24. The summed E-state index contributed by atoms with van der Waals surface area (Å²) in [4.78, 5) is 14.2. The summed E-state index contributed by atoms with van der Waals surface area (Å²) in [7, 11) is 1.86. The molecular weight excluding hydrogens is 216 g/mol. The van der Waals surface area contributed by atoms with Crippen LogP contribution in [0.25, 0.3) is 0 Å². The third-order valence-electron chi connectivity index (χ3n) is 3.39. The molecule has 1 aromatic heterocycles. The zero-order chi connectivity index (χ0) is 12.3. The minimum atomic E-state index is -0.0353. The van der Waals surface area contributed by atoms with E-state index in [1.807, 2.05) is 18.0 Å². The summed E-state index contributed by atoms with van der Waals surface area (Å²) in [6, 6.07) is 1.88. The fourth-order valence-corrected chi connectivity index (χ4v) is 2.37. The van der Waals surface area contributed by atoms with E-state index >= 15 is 0 Å². The van der Waals surface area contributed by atoms with E-state index in [-0.39, 0.29) is 11.9 Å². The molecule has 1 aromatic rings. The lowest BCUT2D eigenvalue weighted by molar-refractivity contribution is -0.133. The molecule has 2 unspecified atom stereocenters. The number of hydrogen-bond acceptors (Lipinski definition) is 3. The molecule has 1 saturated heterocycles. The number of carbonyl (C=O) groups is 1. The van der Waals surface area contributed by atoms with Crippen molar-refractivity contribution in [3.8, 4) is 0 Å². The number of likely N-dealkylation sites (N-methyl/N-ethyl adjacent to an activating group) is 1. The van der Waals surface area contributed by atoms with Gasteiger partial charge in [-0.05, 0) is 31.9 Å². The zero-order valence-electron chi connectivity index (χ0n) is 10.5. The molecular formula is C13H20N2O2. The van der Waals surface area contributed by atoms with Crippen LogP contribution < -0.4 is 5.32 Å². The Morgan fingerprint density at radius 1 is 1.53 bits per heavy atom. The van der Waals surface area contributed by atoms with Crippen molar-refractivity contribution in [3.05, 3.63) is 24.2 Å². The molecule has 1 amide bonds. The summed E-state index contributed by atoms with van der Waals surface area (Å²) in [6.07, 6.45) is 5.38. The van der Waals surface area contributed by atoms with Crippen LogP contribution in [0.3, 0.4) is 0 Å². The van der Waals surface area contributed by atoms with E-state index in [0.717, 1.165) is 24.9 Å². The van der Waals surface area contributed by atoms with Crippen molar-refractivity contribution in [2.45, 2.75) is 32.4 Å². The van der Waals surface area contributed by atoms with Crippen molar-refractivity contribution in [2.75, 3.05) is 13.6 Å². The third kappa shape index (κ3) is 2.88. The highest BCUT2D eigenvalue weighted by molar-refractivity contribution is 5.82. The van der Waals surface area contributed by atoms with E-state index in [1.54, 1.807) is 12.5 Å². The number of carbonyl (C=O) groups excluding carboxylic acids is 1. The molecule has 94 valence electrons. The van der Waals surface area contributed by atoms with Crippen LogP contribution >= 0.6 is 0 Å². The van der Waals surface area contributed by atoms with E-state index in [0.29, 0.717) is 12.5 Å². The molecule has 1 aliphatic rings. The Morgan fingerprint density at radius 3 is 3.00 bits per heavy atom. The normalized spacial score (nSPS) is 26.0. The van der Waals surface area contributed by atoms with Crippen LogP contribution in [0.1, 0.15) is 25.3 Å². The highest BCUT2D eigenvalue weighted by atomic mass is 16.3. The number of furan rings is 1. The Bertz CT molecular complexity index is 362. The first-order valence-corrected chi connectivity index (χ1v) is 6.18. The van der Waals surface area contributed by atoms with E-state index in [1.165, 1.54) is 0 Å². The average Bonchev–Trinajstić information content (AvgIpc) is 2.77. The van der Waals surface area contributed by atoms with Crippen molar-refractivity contribution in [3.63, 3.8) is 0 Å². The molecule has 4 nitrogen and oxygen atoms in total. The van der Waals surface area contributed by atoms with E-state index in [4.69, 9.17) is 4.42 Å². The monoisotopic (exact) mass is 236 g/mol. The average molecular weight is 236 g/mol. The standard InChI is InChI=1S/C13H20N2O2/c1-10-3-4-12(14-2)13(16)15(7-10)8-11-5-6-17-9-11/h5-6,9-10,12,14H,3-4,7-8H2,1-2H3.